The number of thiophene rings is 1. The second kappa shape index (κ2) is 13.2. The molecule has 33 heavy (non-hydrogen) atoms. The lowest BCUT2D eigenvalue weighted by Crippen LogP contribution is -2.53. The van der Waals surface area contributed by atoms with Crippen molar-refractivity contribution in [2.45, 2.75) is 39.3 Å². The molecule has 0 aliphatic carbocycles. The van der Waals surface area contributed by atoms with Crippen LogP contribution in [0.2, 0.25) is 0 Å². The van der Waals surface area contributed by atoms with E-state index in [1.807, 2.05) is 38.1 Å². The van der Waals surface area contributed by atoms with E-state index in [-0.39, 0.29) is 29.9 Å². The lowest BCUT2D eigenvalue weighted by Gasteiger charge is -2.23. The third-order valence-corrected chi connectivity index (χ3v) is 6.72. The van der Waals surface area contributed by atoms with Gasteiger partial charge in [0.15, 0.2) is 0 Å². The van der Waals surface area contributed by atoms with Crippen LogP contribution in [-0.4, -0.2) is 61.1 Å². The van der Waals surface area contributed by atoms with Crippen LogP contribution >= 0.6 is 23.1 Å². The summed E-state index contributed by atoms with van der Waals surface area (Å²) in [5.41, 5.74) is 0. The molecule has 0 aliphatic heterocycles. The number of esters is 2. The SMILES string of the molecule is CCOC(=O)C(CSCC(=O)OC)NC(=O)[C@H](CC(C)C)NC(=O)c1cc2ccccc2s1. The molecule has 0 radical (unpaired) electrons. The van der Waals surface area contributed by atoms with Crippen molar-refractivity contribution in [1.82, 2.24) is 10.6 Å². The number of benzene rings is 1. The van der Waals surface area contributed by atoms with Crippen LogP contribution in [0.3, 0.4) is 0 Å². The molecular weight excluding hydrogens is 464 g/mol. The fraction of sp³-hybridized carbons (Fsp3) is 0.478. The van der Waals surface area contributed by atoms with Crippen molar-refractivity contribution < 1.29 is 28.7 Å². The van der Waals surface area contributed by atoms with Crippen LogP contribution in [0.4, 0.5) is 0 Å². The van der Waals surface area contributed by atoms with Gasteiger partial charge in [0.25, 0.3) is 5.91 Å². The predicted molar refractivity (Wildman–Crippen MR) is 130 cm³/mol. The van der Waals surface area contributed by atoms with E-state index in [2.05, 4.69) is 15.4 Å². The lowest BCUT2D eigenvalue weighted by molar-refractivity contribution is -0.147. The van der Waals surface area contributed by atoms with E-state index in [0.29, 0.717) is 11.3 Å². The maximum absolute atomic E-state index is 13.1. The Morgan fingerprint density at radius 3 is 2.45 bits per heavy atom. The minimum Gasteiger partial charge on any atom is -0.468 e. The van der Waals surface area contributed by atoms with Gasteiger partial charge in [-0.15, -0.1) is 23.1 Å². The van der Waals surface area contributed by atoms with Gasteiger partial charge in [-0.05, 0) is 36.8 Å². The summed E-state index contributed by atoms with van der Waals surface area (Å²) in [4.78, 5) is 50.2. The van der Waals surface area contributed by atoms with Gasteiger partial charge in [-0.25, -0.2) is 4.79 Å². The van der Waals surface area contributed by atoms with Crippen LogP contribution in [-0.2, 0) is 23.9 Å². The molecule has 2 aromatic rings. The van der Waals surface area contributed by atoms with E-state index in [9.17, 15) is 19.2 Å². The van der Waals surface area contributed by atoms with Gasteiger partial charge in [0.1, 0.15) is 12.1 Å². The van der Waals surface area contributed by atoms with Crippen molar-refractivity contribution in [2.24, 2.45) is 5.92 Å². The van der Waals surface area contributed by atoms with Gasteiger partial charge in [-0.3, -0.25) is 14.4 Å². The number of nitrogens with one attached hydrogen (secondary N) is 2. The summed E-state index contributed by atoms with van der Waals surface area (Å²) < 4.78 is 10.6. The summed E-state index contributed by atoms with van der Waals surface area (Å²) in [5.74, 6) is -1.54. The highest BCUT2D eigenvalue weighted by molar-refractivity contribution is 8.00. The van der Waals surface area contributed by atoms with Crippen LogP contribution in [0.25, 0.3) is 10.1 Å². The van der Waals surface area contributed by atoms with Gasteiger partial charge in [0.05, 0.1) is 24.3 Å². The topological polar surface area (TPSA) is 111 Å². The molecular formula is C23H30N2O6S2. The Morgan fingerprint density at radius 1 is 1.09 bits per heavy atom. The number of fused-ring (bicyclic) bond motifs is 1. The zero-order valence-corrected chi connectivity index (χ0v) is 20.8. The number of hydrogen-bond acceptors (Lipinski definition) is 8. The Morgan fingerprint density at radius 2 is 1.82 bits per heavy atom. The molecule has 1 heterocycles. The fourth-order valence-corrected chi connectivity index (χ4v) is 4.85. The van der Waals surface area contributed by atoms with Crippen LogP contribution in [0, 0.1) is 5.92 Å². The first-order chi connectivity index (χ1) is 15.7. The van der Waals surface area contributed by atoms with Crippen molar-refractivity contribution in [1.29, 1.82) is 0 Å². The van der Waals surface area contributed by atoms with Gasteiger partial charge >= 0.3 is 11.9 Å². The van der Waals surface area contributed by atoms with E-state index in [4.69, 9.17) is 4.74 Å². The molecule has 0 saturated heterocycles. The summed E-state index contributed by atoms with van der Waals surface area (Å²) in [7, 11) is 1.28. The molecule has 2 N–H and O–H groups in total. The van der Waals surface area contributed by atoms with Crippen LogP contribution in [0.5, 0.6) is 0 Å². The monoisotopic (exact) mass is 494 g/mol. The number of hydrogen-bond donors (Lipinski definition) is 2. The Labute approximate surface area is 201 Å². The van der Waals surface area contributed by atoms with Crippen molar-refractivity contribution >= 4 is 56.9 Å². The molecule has 2 amide bonds. The first kappa shape index (κ1) is 26.7. The largest absolute Gasteiger partial charge is 0.468 e. The second-order valence-corrected chi connectivity index (χ2v) is 9.82. The minimum absolute atomic E-state index is 0.0420. The Balaban J connectivity index is 2.11. The Bertz CT molecular complexity index is 942. The van der Waals surface area contributed by atoms with Crippen molar-refractivity contribution in [3.63, 3.8) is 0 Å². The number of carbonyl (C=O) groups excluding carboxylic acids is 4. The number of rotatable bonds is 12. The number of ether oxygens (including phenoxy) is 2. The molecule has 2 rings (SSSR count). The highest BCUT2D eigenvalue weighted by Crippen LogP contribution is 2.25. The minimum atomic E-state index is -0.956. The molecule has 0 fully saturated rings. The van der Waals surface area contributed by atoms with Crippen LogP contribution in [0.15, 0.2) is 30.3 Å². The molecule has 180 valence electrons. The van der Waals surface area contributed by atoms with Gasteiger partial charge in [0, 0.05) is 10.5 Å². The van der Waals surface area contributed by atoms with Gasteiger partial charge < -0.3 is 20.1 Å². The number of thioether (sulfide) groups is 1. The average Bonchev–Trinajstić information content (AvgIpc) is 3.22. The number of methoxy groups -OCH3 is 1. The van der Waals surface area contributed by atoms with E-state index in [1.54, 1.807) is 13.0 Å². The van der Waals surface area contributed by atoms with Gasteiger partial charge in [-0.1, -0.05) is 32.0 Å². The van der Waals surface area contributed by atoms with Crippen molar-refractivity contribution in [2.75, 3.05) is 25.2 Å². The first-order valence-corrected chi connectivity index (χ1v) is 12.6. The number of amides is 2. The summed E-state index contributed by atoms with van der Waals surface area (Å²) in [6, 6.07) is 7.68. The molecule has 0 aliphatic rings. The van der Waals surface area contributed by atoms with Crippen molar-refractivity contribution in [3.8, 4) is 0 Å². The summed E-state index contributed by atoms with van der Waals surface area (Å²) in [6.45, 7) is 5.72. The average molecular weight is 495 g/mol. The maximum Gasteiger partial charge on any atom is 0.329 e. The molecule has 8 nitrogen and oxygen atoms in total. The molecule has 0 saturated carbocycles. The molecule has 1 aromatic carbocycles. The molecule has 0 spiro atoms. The number of carbonyl (C=O) groups is 4. The molecule has 1 unspecified atom stereocenters. The lowest BCUT2D eigenvalue weighted by atomic mass is 10.0. The first-order valence-electron chi connectivity index (χ1n) is 10.7. The molecule has 0 bridgehead atoms. The molecule has 2 atom stereocenters. The highest BCUT2D eigenvalue weighted by atomic mass is 32.2. The molecule has 1 aromatic heterocycles. The normalized spacial score (nSPS) is 12.8. The van der Waals surface area contributed by atoms with E-state index < -0.39 is 29.9 Å². The quantitative estimate of drug-likeness (QED) is 0.436. The van der Waals surface area contributed by atoms with E-state index >= 15 is 0 Å². The second-order valence-electron chi connectivity index (χ2n) is 7.71. The highest BCUT2D eigenvalue weighted by Gasteiger charge is 2.29. The Hall–Kier alpha value is -2.59. The summed E-state index contributed by atoms with van der Waals surface area (Å²) >= 11 is 2.51. The fourth-order valence-electron chi connectivity index (χ4n) is 3.03. The van der Waals surface area contributed by atoms with Gasteiger partial charge in [0.2, 0.25) is 5.91 Å². The third kappa shape index (κ3) is 8.36. The zero-order chi connectivity index (χ0) is 24.4. The maximum atomic E-state index is 13.1. The van der Waals surface area contributed by atoms with Crippen LogP contribution in [0.1, 0.15) is 36.9 Å². The predicted octanol–water partition coefficient (Wildman–Crippen LogP) is 3.00. The smallest absolute Gasteiger partial charge is 0.329 e. The van der Waals surface area contributed by atoms with E-state index in [1.165, 1.54) is 18.4 Å². The Kier molecular flexibility index (Phi) is 10.7. The van der Waals surface area contributed by atoms with Crippen LogP contribution < -0.4 is 10.6 Å². The third-order valence-electron chi connectivity index (χ3n) is 4.60. The molecule has 10 heteroatoms. The summed E-state index contributed by atoms with van der Waals surface area (Å²) in [5, 5.41) is 6.46. The van der Waals surface area contributed by atoms with E-state index in [0.717, 1.165) is 21.8 Å². The van der Waals surface area contributed by atoms with Crippen molar-refractivity contribution in [3.05, 3.63) is 35.2 Å². The zero-order valence-electron chi connectivity index (χ0n) is 19.2. The van der Waals surface area contributed by atoms with Gasteiger partial charge in [-0.2, -0.15) is 0 Å². The standard InChI is InChI=1S/C23H30N2O6S2/c1-5-31-23(29)17(12-32-13-20(26)30-4)25-21(27)16(10-14(2)3)24-22(28)19-11-15-8-6-7-9-18(15)33-19/h6-9,11,14,16-17H,5,10,12-13H2,1-4H3,(H,24,28)(H,25,27)/t16-,17?/m0/s1. The summed E-state index contributed by atoms with van der Waals surface area (Å²) in [6.07, 6.45) is 0.396.